The Kier molecular flexibility index (Phi) is 4.65. The fourth-order valence-electron chi connectivity index (χ4n) is 3.60. The summed E-state index contributed by atoms with van der Waals surface area (Å²) in [4.78, 5) is 17.8. The number of phenolic OH excluding ortho intramolecular Hbond substituents is 1. The normalized spacial score (nSPS) is 11.4. The minimum Gasteiger partial charge on any atom is -0.507 e. The highest BCUT2D eigenvalue weighted by molar-refractivity contribution is 6.02. The molecule has 6 nitrogen and oxygen atoms in total. The molecule has 31 heavy (non-hydrogen) atoms. The Bertz CT molecular complexity index is 1490. The topological polar surface area (TPSA) is 79.5 Å². The number of hydrazone groups is 1. The molecular formula is C25H18N4O2. The first-order valence-electron chi connectivity index (χ1n) is 9.79. The first kappa shape index (κ1) is 18.6. The van der Waals surface area contributed by atoms with Gasteiger partial charge in [0.1, 0.15) is 5.75 Å². The van der Waals surface area contributed by atoms with Crippen molar-refractivity contribution >= 4 is 33.8 Å². The molecule has 0 saturated carbocycles. The average molecular weight is 406 g/mol. The highest BCUT2D eigenvalue weighted by Gasteiger charge is 2.12. The van der Waals surface area contributed by atoms with Crippen LogP contribution >= 0.6 is 0 Å². The van der Waals surface area contributed by atoms with E-state index < -0.39 is 0 Å². The van der Waals surface area contributed by atoms with Crippen molar-refractivity contribution in [3.63, 3.8) is 0 Å². The fraction of sp³-hybridized carbons (Fsp3) is 0. The lowest BCUT2D eigenvalue weighted by molar-refractivity contribution is 0.475. The van der Waals surface area contributed by atoms with Crippen LogP contribution in [0.4, 0.5) is 5.95 Å². The van der Waals surface area contributed by atoms with Gasteiger partial charge in [0.05, 0.1) is 22.8 Å². The van der Waals surface area contributed by atoms with E-state index in [0.717, 1.165) is 10.8 Å². The molecule has 150 valence electrons. The maximum atomic E-state index is 13.2. The largest absolute Gasteiger partial charge is 0.507 e. The van der Waals surface area contributed by atoms with Crippen molar-refractivity contribution in [2.75, 3.05) is 5.43 Å². The quantitative estimate of drug-likeness (QED) is 0.335. The van der Waals surface area contributed by atoms with Gasteiger partial charge in [0, 0.05) is 5.56 Å². The SMILES string of the molecule is O=c1c2ccccc2nc(N/N=C\c2c(O)ccc3ccccc23)n1-c1ccccc1. The Labute approximate surface area is 177 Å². The van der Waals surface area contributed by atoms with Crippen molar-refractivity contribution in [1.29, 1.82) is 0 Å². The molecule has 1 heterocycles. The van der Waals surface area contributed by atoms with E-state index in [1.807, 2.05) is 72.8 Å². The van der Waals surface area contributed by atoms with E-state index in [1.54, 1.807) is 18.2 Å². The Balaban J connectivity index is 1.62. The van der Waals surface area contributed by atoms with Gasteiger partial charge >= 0.3 is 0 Å². The molecule has 0 aliphatic carbocycles. The van der Waals surface area contributed by atoms with Crippen molar-refractivity contribution in [2.24, 2.45) is 5.10 Å². The lowest BCUT2D eigenvalue weighted by Crippen LogP contribution is -2.22. The number of nitrogens with one attached hydrogen (secondary N) is 1. The van der Waals surface area contributed by atoms with Crippen molar-refractivity contribution in [3.8, 4) is 11.4 Å². The second-order valence-corrected chi connectivity index (χ2v) is 7.02. The van der Waals surface area contributed by atoms with Crippen LogP contribution in [0, 0.1) is 0 Å². The number of para-hydroxylation sites is 2. The summed E-state index contributed by atoms with van der Waals surface area (Å²) in [5, 5.41) is 17.0. The number of aromatic hydroxyl groups is 1. The van der Waals surface area contributed by atoms with Crippen molar-refractivity contribution in [3.05, 3.63) is 107 Å². The minimum absolute atomic E-state index is 0.121. The van der Waals surface area contributed by atoms with Gasteiger partial charge in [-0.25, -0.2) is 15.0 Å². The number of aromatic nitrogens is 2. The number of fused-ring (bicyclic) bond motifs is 2. The minimum atomic E-state index is -0.192. The summed E-state index contributed by atoms with van der Waals surface area (Å²) < 4.78 is 1.49. The third-order valence-corrected chi connectivity index (χ3v) is 5.10. The van der Waals surface area contributed by atoms with Crippen LogP contribution in [0.25, 0.3) is 27.4 Å². The number of nitrogens with zero attached hydrogens (tertiary/aromatic N) is 3. The van der Waals surface area contributed by atoms with Crippen LogP contribution in [-0.4, -0.2) is 20.9 Å². The number of anilines is 1. The summed E-state index contributed by atoms with van der Waals surface area (Å²) in [7, 11) is 0. The van der Waals surface area contributed by atoms with Gasteiger partial charge in [0.2, 0.25) is 5.95 Å². The average Bonchev–Trinajstić information content (AvgIpc) is 2.81. The van der Waals surface area contributed by atoms with E-state index in [9.17, 15) is 9.90 Å². The van der Waals surface area contributed by atoms with Crippen LogP contribution < -0.4 is 11.0 Å². The summed E-state index contributed by atoms with van der Waals surface area (Å²) >= 11 is 0. The van der Waals surface area contributed by atoms with E-state index in [0.29, 0.717) is 22.2 Å². The van der Waals surface area contributed by atoms with Gasteiger partial charge in [-0.3, -0.25) is 4.79 Å². The lowest BCUT2D eigenvalue weighted by atomic mass is 10.0. The summed E-state index contributed by atoms with van der Waals surface area (Å²) in [5.74, 6) is 0.405. The molecule has 0 aliphatic rings. The zero-order chi connectivity index (χ0) is 21.2. The molecule has 0 saturated heterocycles. The number of benzene rings is 4. The Morgan fingerprint density at radius 3 is 2.39 bits per heavy atom. The van der Waals surface area contributed by atoms with E-state index in [-0.39, 0.29) is 17.3 Å². The zero-order valence-corrected chi connectivity index (χ0v) is 16.4. The maximum absolute atomic E-state index is 13.2. The lowest BCUT2D eigenvalue weighted by Gasteiger charge is -2.12. The number of phenols is 1. The van der Waals surface area contributed by atoms with Crippen LogP contribution in [0.2, 0.25) is 0 Å². The summed E-state index contributed by atoms with van der Waals surface area (Å²) in [5.41, 5.74) is 4.54. The first-order valence-corrected chi connectivity index (χ1v) is 9.79. The summed E-state index contributed by atoms with van der Waals surface area (Å²) in [6.07, 6.45) is 1.54. The summed E-state index contributed by atoms with van der Waals surface area (Å²) in [6.45, 7) is 0. The van der Waals surface area contributed by atoms with Gasteiger partial charge < -0.3 is 5.11 Å². The van der Waals surface area contributed by atoms with Gasteiger partial charge in [-0.2, -0.15) is 5.10 Å². The molecule has 4 aromatic carbocycles. The molecule has 0 spiro atoms. The smallest absolute Gasteiger partial charge is 0.267 e. The molecule has 5 rings (SSSR count). The van der Waals surface area contributed by atoms with E-state index in [2.05, 4.69) is 15.5 Å². The molecule has 0 aliphatic heterocycles. The second-order valence-electron chi connectivity index (χ2n) is 7.02. The molecule has 2 N–H and O–H groups in total. The van der Waals surface area contributed by atoms with Crippen molar-refractivity contribution in [1.82, 2.24) is 9.55 Å². The number of hydrogen-bond donors (Lipinski definition) is 2. The number of hydrogen-bond acceptors (Lipinski definition) is 5. The maximum Gasteiger partial charge on any atom is 0.267 e. The van der Waals surface area contributed by atoms with E-state index in [1.165, 1.54) is 10.8 Å². The first-order chi connectivity index (χ1) is 15.2. The molecular weight excluding hydrogens is 388 g/mol. The highest BCUT2D eigenvalue weighted by Crippen LogP contribution is 2.25. The van der Waals surface area contributed by atoms with E-state index >= 15 is 0 Å². The summed E-state index contributed by atoms with van der Waals surface area (Å²) in [6, 6.07) is 27.7. The molecule has 0 bridgehead atoms. The molecule has 0 amide bonds. The molecule has 0 unspecified atom stereocenters. The highest BCUT2D eigenvalue weighted by atomic mass is 16.3. The van der Waals surface area contributed by atoms with Crippen molar-refractivity contribution < 1.29 is 5.11 Å². The third-order valence-electron chi connectivity index (χ3n) is 5.10. The van der Waals surface area contributed by atoms with Gasteiger partial charge in [-0.1, -0.05) is 60.7 Å². The van der Waals surface area contributed by atoms with Gasteiger partial charge in [0.25, 0.3) is 5.56 Å². The van der Waals surface area contributed by atoms with Crippen LogP contribution in [-0.2, 0) is 0 Å². The van der Waals surface area contributed by atoms with E-state index in [4.69, 9.17) is 0 Å². The van der Waals surface area contributed by atoms with Gasteiger partial charge in [0.15, 0.2) is 0 Å². The molecule has 0 radical (unpaired) electrons. The van der Waals surface area contributed by atoms with Gasteiger partial charge in [-0.05, 0) is 41.1 Å². The third kappa shape index (κ3) is 3.40. The fourth-order valence-corrected chi connectivity index (χ4v) is 3.60. The zero-order valence-electron chi connectivity index (χ0n) is 16.4. The Morgan fingerprint density at radius 2 is 1.55 bits per heavy atom. The monoisotopic (exact) mass is 406 g/mol. The van der Waals surface area contributed by atoms with Crippen LogP contribution in [0.1, 0.15) is 5.56 Å². The van der Waals surface area contributed by atoms with Gasteiger partial charge in [-0.15, -0.1) is 0 Å². The Morgan fingerprint density at radius 1 is 0.839 bits per heavy atom. The second kappa shape index (κ2) is 7.76. The molecule has 5 aromatic rings. The van der Waals surface area contributed by atoms with Crippen molar-refractivity contribution in [2.45, 2.75) is 0 Å². The number of rotatable bonds is 4. The van der Waals surface area contributed by atoms with Crippen LogP contribution in [0.5, 0.6) is 5.75 Å². The molecule has 0 fully saturated rings. The molecule has 0 atom stereocenters. The van der Waals surface area contributed by atoms with Crippen LogP contribution in [0.3, 0.4) is 0 Å². The molecule has 1 aromatic heterocycles. The van der Waals surface area contributed by atoms with Crippen LogP contribution in [0.15, 0.2) is 101 Å². The Hall–Kier alpha value is -4.45. The predicted molar refractivity (Wildman–Crippen MR) is 124 cm³/mol. The standard InChI is InChI=1S/C25H18N4O2/c30-23-15-14-17-8-4-5-11-19(17)21(23)16-26-28-25-27-22-13-7-6-12-20(22)24(31)29(25)18-9-2-1-3-10-18/h1-16,30H,(H,27,28)/b26-16-. The predicted octanol–water partition coefficient (Wildman–Crippen LogP) is 4.69. The molecule has 6 heteroatoms.